The van der Waals surface area contributed by atoms with E-state index in [2.05, 4.69) is 19.8 Å². The number of aryl methyl sites for hydroxylation is 1. The molecule has 0 amide bonds. The lowest BCUT2D eigenvalue weighted by atomic mass is 10.0. The number of nitrogens with one attached hydrogen (secondary N) is 1. The molecule has 8 nitrogen and oxygen atoms in total. The van der Waals surface area contributed by atoms with E-state index < -0.39 is 16.0 Å². The first-order chi connectivity index (χ1) is 15.9. The van der Waals surface area contributed by atoms with Gasteiger partial charge in [-0.25, -0.2) is 13.2 Å². The first-order valence-corrected chi connectivity index (χ1v) is 12.4. The van der Waals surface area contributed by atoms with Crippen LogP contribution in [0.2, 0.25) is 0 Å². The molecule has 1 aliphatic rings. The van der Waals surface area contributed by atoms with Crippen LogP contribution in [0.4, 0.5) is 11.4 Å². The molecule has 0 saturated carbocycles. The summed E-state index contributed by atoms with van der Waals surface area (Å²) >= 11 is 0. The molecule has 2 N–H and O–H groups in total. The Hall–Kier alpha value is -3.46. The number of hydrogen-bond donors (Lipinski definition) is 2. The van der Waals surface area contributed by atoms with Crippen molar-refractivity contribution in [1.82, 2.24) is 10.2 Å². The summed E-state index contributed by atoms with van der Waals surface area (Å²) in [6.45, 7) is 3.53. The molecular weight excluding hydrogens is 440 g/mol. The van der Waals surface area contributed by atoms with Gasteiger partial charge in [-0.3, -0.25) is 4.72 Å². The molecule has 1 aliphatic heterocycles. The SMILES string of the molecule is CCc1ccc(C(=O)O)cc1S(=O)(=O)Nc1cc(-c2ccnnc2)ccc1N1CCCCC1. The number of anilines is 2. The van der Waals surface area contributed by atoms with Crippen LogP contribution in [0.5, 0.6) is 0 Å². The maximum absolute atomic E-state index is 13.5. The molecule has 172 valence electrons. The number of carbonyl (C=O) groups is 1. The van der Waals surface area contributed by atoms with Crippen LogP contribution >= 0.6 is 0 Å². The van der Waals surface area contributed by atoms with Crippen LogP contribution in [0.1, 0.15) is 42.1 Å². The third-order valence-electron chi connectivity index (χ3n) is 5.84. The number of nitrogens with zero attached hydrogens (tertiary/aromatic N) is 3. The molecule has 4 rings (SSSR count). The largest absolute Gasteiger partial charge is 0.478 e. The predicted molar refractivity (Wildman–Crippen MR) is 127 cm³/mol. The lowest BCUT2D eigenvalue weighted by Crippen LogP contribution is -2.30. The summed E-state index contributed by atoms with van der Waals surface area (Å²) < 4.78 is 29.7. The van der Waals surface area contributed by atoms with E-state index in [-0.39, 0.29) is 10.5 Å². The number of rotatable bonds is 7. The molecule has 0 bridgehead atoms. The molecule has 2 aromatic carbocycles. The fourth-order valence-corrected chi connectivity index (χ4v) is 5.50. The minimum absolute atomic E-state index is 0.0227. The Morgan fingerprint density at radius 1 is 1.03 bits per heavy atom. The molecule has 1 fully saturated rings. The van der Waals surface area contributed by atoms with Crippen LogP contribution in [0.3, 0.4) is 0 Å². The van der Waals surface area contributed by atoms with Gasteiger partial charge in [-0.05, 0) is 67.1 Å². The monoisotopic (exact) mass is 466 g/mol. The summed E-state index contributed by atoms with van der Waals surface area (Å²) in [6.07, 6.45) is 6.91. The van der Waals surface area contributed by atoms with Gasteiger partial charge in [0.2, 0.25) is 0 Å². The number of carboxylic acid groups (broad SMARTS) is 1. The highest BCUT2D eigenvalue weighted by Crippen LogP contribution is 2.35. The number of carboxylic acids is 1. The van der Waals surface area contributed by atoms with Crippen LogP contribution < -0.4 is 9.62 Å². The van der Waals surface area contributed by atoms with Crippen molar-refractivity contribution in [2.24, 2.45) is 0 Å². The van der Waals surface area contributed by atoms with Gasteiger partial charge in [0, 0.05) is 18.7 Å². The Morgan fingerprint density at radius 2 is 1.82 bits per heavy atom. The molecule has 0 spiro atoms. The number of aromatic nitrogens is 2. The van der Waals surface area contributed by atoms with Gasteiger partial charge in [-0.1, -0.05) is 19.1 Å². The van der Waals surface area contributed by atoms with Crippen LogP contribution in [0, 0.1) is 0 Å². The second-order valence-electron chi connectivity index (χ2n) is 8.00. The number of aromatic carboxylic acids is 1. The number of piperidine rings is 1. The summed E-state index contributed by atoms with van der Waals surface area (Å²) in [5.74, 6) is -1.17. The van der Waals surface area contributed by atoms with Gasteiger partial charge >= 0.3 is 5.97 Å². The minimum Gasteiger partial charge on any atom is -0.478 e. The zero-order valence-corrected chi connectivity index (χ0v) is 19.2. The fraction of sp³-hybridized carbons (Fsp3) is 0.292. The van der Waals surface area contributed by atoms with Gasteiger partial charge in [0.1, 0.15) is 0 Å². The number of hydrogen-bond acceptors (Lipinski definition) is 6. The van der Waals surface area contributed by atoms with Crippen molar-refractivity contribution in [1.29, 1.82) is 0 Å². The molecule has 0 radical (unpaired) electrons. The Labute approximate surface area is 193 Å². The summed E-state index contributed by atoms with van der Waals surface area (Å²) in [5, 5.41) is 17.1. The van der Waals surface area contributed by atoms with Crippen LogP contribution in [-0.2, 0) is 16.4 Å². The lowest BCUT2D eigenvalue weighted by Gasteiger charge is -2.31. The number of sulfonamides is 1. The standard InChI is InChI=1S/C24H26N4O4S/c1-2-17-6-7-19(24(29)30)15-23(17)33(31,32)27-21-14-18(20-10-11-25-26-16-20)8-9-22(21)28-12-4-3-5-13-28/h6-11,14-16,27H,2-5,12-13H2,1H3,(H,29,30). The average Bonchev–Trinajstić information content (AvgIpc) is 2.84. The zero-order chi connectivity index (χ0) is 23.4. The molecule has 3 aromatic rings. The van der Waals surface area contributed by atoms with Crippen molar-refractivity contribution < 1.29 is 18.3 Å². The van der Waals surface area contributed by atoms with Crippen molar-refractivity contribution in [3.05, 3.63) is 66.0 Å². The zero-order valence-electron chi connectivity index (χ0n) is 18.4. The van der Waals surface area contributed by atoms with Crippen molar-refractivity contribution >= 4 is 27.4 Å². The minimum atomic E-state index is -4.04. The van der Waals surface area contributed by atoms with Gasteiger partial charge in [-0.2, -0.15) is 10.2 Å². The van der Waals surface area contributed by atoms with Crippen LogP contribution in [-0.4, -0.2) is 42.8 Å². The fourth-order valence-electron chi connectivity index (χ4n) is 4.10. The third kappa shape index (κ3) is 4.98. The van der Waals surface area contributed by atoms with Gasteiger partial charge in [0.15, 0.2) is 0 Å². The molecule has 9 heteroatoms. The molecule has 0 aliphatic carbocycles. The highest BCUT2D eigenvalue weighted by atomic mass is 32.2. The summed E-state index contributed by atoms with van der Waals surface area (Å²) in [4.78, 5) is 13.6. The highest BCUT2D eigenvalue weighted by Gasteiger charge is 2.23. The Balaban J connectivity index is 1.79. The molecule has 2 heterocycles. The quantitative estimate of drug-likeness (QED) is 0.537. The summed E-state index contributed by atoms with van der Waals surface area (Å²) in [5.41, 5.74) is 3.36. The normalized spacial score (nSPS) is 14.2. The van der Waals surface area contributed by atoms with E-state index in [9.17, 15) is 18.3 Å². The van der Waals surface area contributed by atoms with E-state index in [0.29, 0.717) is 17.7 Å². The molecule has 0 atom stereocenters. The van der Waals surface area contributed by atoms with Crippen molar-refractivity contribution in [2.75, 3.05) is 22.7 Å². The van der Waals surface area contributed by atoms with Gasteiger partial charge in [-0.15, -0.1) is 0 Å². The third-order valence-corrected chi connectivity index (χ3v) is 7.29. The molecule has 0 unspecified atom stereocenters. The molecule has 33 heavy (non-hydrogen) atoms. The van der Waals surface area contributed by atoms with Gasteiger partial charge in [0.25, 0.3) is 10.0 Å². The van der Waals surface area contributed by atoms with Crippen LogP contribution in [0.15, 0.2) is 59.8 Å². The smallest absolute Gasteiger partial charge is 0.335 e. The van der Waals surface area contributed by atoms with Crippen molar-refractivity contribution in [3.63, 3.8) is 0 Å². The van der Waals surface area contributed by atoms with E-state index in [1.807, 2.05) is 25.1 Å². The first kappa shape index (κ1) is 22.7. The van der Waals surface area contributed by atoms with Crippen molar-refractivity contribution in [2.45, 2.75) is 37.5 Å². The summed E-state index contributed by atoms with van der Waals surface area (Å²) in [7, 11) is -4.04. The topological polar surface area (TPSA) is 112 Å². The molecular formula is C24H26N4O4S. The van der Waals surface area contributed by atoms with E-state index in [4.69, 9.17) is 0 Å². The maximum Gasteiger partial charge on any atom is 0.335 e. The van der Waals surface area contributed by atoms with E-state index >= 15 is 0 Å². The van der Waals surface area contributed by atoms with E-state index in [1.165, 1.54) is 12.1 Å². The van der Waals surface area contributed by atoms with Crippen molar-refractivity contribution in [3.8, 4) is 11.1 Å². The van der Waals surface area contributed by atoms with Gasteiger partial charge < -0.3 is 10.0 Å². The second-order valence-corrected chi connectivity index (χ2v) is 9.65. The average molecular weight is 467 g/mol. The van der Waals surface area contributed by atoms with E-state index in [0.717, 1.165) is 49.2 Å². The van der Waals surface area contributed by atoms with Gasteiger partial charge in [0.05, 0.1) is 34.2 Å². The van der Waals surface area contributed by atoms with Crippen LogP contribution in [0.25, 0.3) is 11.1 Å². The first-order valence-electron chi connectivity index (χ1n) is 10.9. The molecule has 1 aromatic heterocycles. The molecule has 1 saturated heterocycles. The number of benzene rings is 2. The maximum atomic E-state index is 13.5. The lowest BCUT2D eigenvalue weighted by molar-refractivity contribution is 0.0696. The highest BCUT2D eigenvalue weighted by molar-refractivity contribution is 7.92. The Bertz CT molecular complexity index is 1260. The second kappa shape index (κ2) is 9.58. The predicted octanol–water partition coefficient (Wildman–Crippen LogP) is 4.20. The Morgan fingerprint density at radius 3 is 2.48 bits per heavy atom. The summed E-state index contributed by atoms with van der Waals surface area (Å²) in [6, 6.07) is 11.7. The van der Waals surface area contributed by atoms with E-state index in [1.54, 1.807) is 24.5 Å². The Kier molecular flexibility index (Phi) is 6.60.